The Morgan fingerprint density at radius 1 is 1.14 bits per heavy atom. The molecule has 9 heteroatoms. The van der Waals surface area contributed by atoms with E-state index in [2.05, 4.69) is 0 Å². The van der Waals surface area contributed by atoms with E-state index < -0.39 is 33.8 Å². The van der Waals surface area contributed by atoms with Crippen molar-refractivity contribution in [2.45, 2.75) is 37.0 Å². The zero-order valence-electron chi connectivity index (χ0n) is 14.9. The predicted octanol–water partition coefficient (Wildman–Crippen LogP) is 3.90. The molecule has 1 atom stereocenters. The Kier molecular flexibility index (Phi) is 5.49. The van der Waals surface area contributed by atoms with Gasteiger partial charge in [0.2, 0.25) is 10.0 Å². The van der Waals surface area contributed by atoms with Gasteiger partial charge in [-0.05, 0) is 30.2 Å². The smallest absolute Gasteiger partial charge is 0.416 e. The van der Waals surface area contributed by atoms with Gasteiger partial charge in [0.05, 0.1) is 29.5 Å². The first-order chi connectivity index (χ1) is 13.1. The number of alkyl halides is 3. The topological polar surface area (TPSA) is 63.7 Å². The molecule has 5 nitrogen and oxygen atoms in total. The molecule has 0 saturated heterocycles. The van der Waals surface area contributed by atoms with Gasteiger partial charge >= 0.3 is 12.1 Å². The lowest BCUT2D eigenvalue weighted by atomic mass is 10.0. The van der Waals surface area contributed by atoms with E-state index in [1.54, 1.807) is 25.1 Å². The molecule has 0 N–H and O–H groups in total. The Morgan fingerprint density at radius 3 is 2.54 bits per heavy atom. The minimum absolute atomic E-state index is 0.0521. The number of carbonyl (C=O) groups excluding carboxylic acids is 1. The van der Waals surface area contributed by atoms with Crippen LogP contribution in [-0.2, 0) is 32.3 Å². The first-order valence-corrected chi connectivity index (χ1v) is 10.0. The average Bonchev–Trinajstić information content (AvgIpc) is 2.83. The number of hydrogen-bond donors (Lipinski definition) is 0. The SMILES string of the molecule is CCOC(=O)C[C@H]1c2ccccc2S(=O)(=O)N1Cc1cccc(C(F)(F)F)c1. The van der Waals surface area contributed by atoms with Crippen LogP contribution in [0.1, 0.15) is 36.1 Å². The first kappa shape index (κ1) is 20.3. The highest BCUT2D eigenvalue weighted by Crippen LogP contribution is 2.42. The van der Waals surface area contributed by atoms with Crippen LogP contribution in [0.5, 0.6) is 0 Å². The summed E-state index contributed by atoms with van der Waals surface area (Å²) in [6.45, 7) is 1.50. The summed E-state index contributed by atoms with van der Waals surface area (Å²) in [5, 5.41) is 0. The summed E-state index contributed by atoms with van der Waals surface area (Å²) >= 11 is 0. The zero-order chi connectivity index (χ0) is 20.5. The van der Waals surface area contributed by atoms with Gasteiger partial charge in [-0.1, -0.05) is 36.4 Å². The van der Waals surface area contributed by atoms with Crippen LogP contribution in [0.2, 0.25) is 0 Å². The molecule has 0 bridgehead atoms. The third-order valence-corrected chi connectivity index (χ3v) is 6.40. The van der Waals surface area contributed by atoms with Gasteiger partial charge in [0.25, 0.3) is 0 Å². The molecule has 2 aromatic carbocycles. The number of hydrogen-bond acceptors (Lipinski definition) is 4. The third-order valence-electron chi connectivity index (χ3n) is 4.47. The number of rotatable bonds is 5. The molecule has 28 heavy (non-hydrogen) atoms. The van der Waals surface area contributed by atoms with Crippen LogP contribution in [-0.4, -0.2) is 25.3 Å². The molecule has 0 aromatic heterocycles. The van der Waals surface area contributed by atoms with Crippen molar-refractivity contribution < 1.29 is 31.1 Å². The van der Waals surface area contributed by atoms with Crippen LogP contribution in [0, 0.1) is 0 Å². The molecule has 0 spiro atoms. The lowest BCUT2D eigenvalue weighted by Gasteiger charge is -2.23. The summed E-state index contributed by atoms with van der Waals surface area (Å²) in [6.07, 6.45) is -4.75. The van der Waals surface area contributed by atoms with E-state index in [1.165, 1.54) is 18.2 Å². The van der Waals surface area contributed by atoms with E-state index in [4.69, 9.17) is 4.74 Å². The van der Waals surface area contributed by atoms with Crippen molar-refractivity contribution in [3.05, 3.63) is 65.2 Å². The van der Waals surface area contributed by atoms with Gasteiger partial charge in [0, 0.05) is 6.54 Å². The molecular weight excluding hydrogens is 395 g/mol. The summed E-state index contributed by atoms with van der Waals surface area (Å²) < 4.78 is 70.9. The number of nitrogens with zero attached hydrogens (tertiary/aromatic N) is 1. The van der Waals surface area contributed by atoms with Crippen LogP contribution in [0.15, 0.2) is 53.4 Å². The Balaban J connectivity index is 1.99. The van der Waals surface area contributed by atoms with E-state index in [0.29, 0.717) is 5.56 Å². The number of sulfonamides is 1. The van der Waals surface area contributed by atoms with Gasteiger partial charge in [-0.2, -0.15) is 17.5 Å². The van der Waals surface area contributed by atoms with E-state index in [-0.39, 0.29) is 30.0 Å². The van der Waals surface area contributed by atoms with Crippen molar-refractivity contribution in [3.8, 4) is 0 Å². The molecule has 1 aliphatic heterocycles. The fourth-order valence-corrected chi connectivity index (χ4v) is 5.10. The molecule has 0 unspecified atom stereocenters. The highest BCUT2D eigenvalue weighted by molar-refractivity contribution is 7.89. The van der Waals surface area contributed by atoms with Crippen LogP contribution in [0.4, 0.5) is 13.2 Å². The van der Waals surface area contributed by atoms with Crippen molar-refractivity contribution in [2.75, 3.05) is 6.61 Å². The second kappa shape index (κ2) is 7.56. The van der Waals surface area contributed by atoms with E-state index in [1.807, 2.05) is 0 Å². The monoisotopic (exact) mass is 413 g/mol. The summed E-state index contributed by atoms with van der Waals surface area (Å²) in [7, 11) is -3.96. The second-order valence-electron chi connectivity index (χ2n) is 6.31. The minimum Gasteiger partial charge on any atom is -0.466 e. The zero-order valence-corrected chi connectivity index (χ0v) is 15.8. The van der Waals surface area contributed by atoms with Crippen LogP contribution in [0.25, 0.3) is 0 Å². The van der Waals surface area contributed by atoms with Gasteiger partial charge in [-0.3, -0.25) is 4.79 Å². The van der Waals surface area contributed by atoms with Gasteiger partial charge in [-0.15, -0.1) is 0 Å². The number of carbonyl (C=O) groups is 1. The Bertz CT molecular complexity index is 989. The van der Waals surface area contributed by atoms with E-state index in [0.717, 1.165) is 16.4 Å². The van der Waals surface area contributed by atoms with Crippen LogP contribution >= 0.6 is 0 Å². The number of benzene rings is 2. The maximum atomic E-state index is 13.0. The minimum atomic E-state index is -4.53. The molecule has 0 radical (unpaired) electrons. The van der Waals surface area contributed by atoms with Gasteiger partial charge in [-0.25, -0.2) is 8.42 Å². The molecule has 2 aromatic rings. The lowest BCUT2D eigenvalue weighted by molar-refractivity contribution is -0.144. The number of esters is 1. The molecule has 150 valence electrons. The predicted molar refractivity (Wildman–Crippen MR) is 94.6 cm³/mol. The fourth-order valence-electron chi connectivity index (χ4n) is 3.25. The van der Waals surface area contributed by atoms with Crippen LogP contribution in [0.3, 0.4) is 0 Å². The average molecular weight is 413 g/mol. The van der Waals surface area contributed by atoms with Crippen molar-refractivity contribution >= 4 is 16.0 Å². The normalized spacial score (nSPS) is 18.6. The Hall–Kier alpha value is -2.39. The summed E-state index contributed by atoms with van der Waals surface area (Å²) in [6, 6.07) is 9.90. The molecule has 3 rings (SSSR count). The van der Waals surface area contributed by atoms with Gasteiger partial charge in [0.15, 0.2) is 0 Å². The van der Waals surface area contributed by atoms with E-state index >= 15 is 0 Å². The standard InChI is InChI=1S/C19H18F3NO4S/c1-2-27-18(24)11-16-15-8-3-4-9-17(15)28(25,26)23(16)12-13-6-5-7-14(10-13)19(20,21)22/h3-10,16H,2,11-12H2,1H3/t16-/m0/s1. The Labute approximate surface area is 160 Å². The molecule has 0 amide bonds. The molecular formula is C19H18F3NO4S. The lowest BCUT2D eigenvalue weighted by Crippen LogP contribution is -2.30. The van der Waals surface area contributed by atoms with Crippen molar-refractivity contribution in [2.24, 2.45) is 0 Å². The van der Waals surface area contributed by atoms with Gasteiger partial charge in [0.1, 0.15) is 0 Å². The van der Waals surface area contributed by atoms with Gasteiger partial charge < -0.3 is 4.74 Å². The number of halogens is 3. The largest absolute Gasteiger partial charge is 0.466 e. The van der Waals surface area contributed by atoms with E-state index in [9.17, 15) is 26.4 Å². The Morgan fingerprint density at radius 2 is 1.86 bits per heavy atom. The molecule has 0 saturated carbocycles. The van der Waals surface area contributed by atoms with Crippen molar-refractivity contribution in [1.29, 1.82) is 0 Å². The maximum absolute atomic E-state index is 13.0. The number of ether oxygens (including phenoxy) is 1. The first-order valence-electron chi connectivity index (χ1n) is 8.57. The highest BCUT2D eigenvalue weighted by atomic mass is 32.2. The third kappa shape index (κ3) is 3.90. The second-order valence-corrected chi connectivity index (χ2v) is 8.17. The molecule has 0 fully saturated rings. The summed E-state index contributed by atoms with van der Waals surface area (Å²) in [4.78, 5) is 12.1. The van der Waals surface area contributed by atoms with Crippen molar-refractivity contribution in [3.63, 3.8) is 0 Å². The quantitative estimate of drug-likeness (QED) is 0.698. The summed E-state index contributed by atoms with van der Waals surface area (Å²) in [5.74, 6) is -0.576. The molecule has 1 heterocycles. The number of fused-ring (bicyclic) bond motifs is 1. The highest BCUT2D eigenvalue weighted by Gasteiger charge is 2.43. The maximum Gasteiger partial charge on any atom is 0.416 e. The molecule has 1 aliphatic rings. The van der Waals surface area contributed by atoms with Crippen LogP contribution < -0.4 is 0 Å². The summed E-state index contributed by atoms with van der Waals surface area (Å²) in [5.41, 5.74) is -0.247. The molecule has 0 aliphatic carbocycles. The fraction of sp³-hybridized carbons (Fsp3) is 0.316. The van der Waals surface area contributed by atoms with Crippen molar-refractivity contribution in [1.82, 2.24) is 4.31 Å².